The summed E-state index contributed by atoms with van der Waals surface area (Å²) in [4.78, 5) is 2.61. The normalized spacial score (nSPS) is 16.4. The lowest BCUT2D eigenvalue weighted by Gasteiger charge is -2.38. The van der Waals surface area contributed by atoms with E-state index in [0.717, 1.165) is 5.92 Å². The van der Waals surface area contributed by atoms with Gasteiger partial charge in [0.05, 0.1) is 0 Å². The molecule has 0 radical (unpaired) electrons. The third-order valence-corrected chi connectivity index (χ3v) is 3.16. The van der Waals surface area contributed by atoms with Crippen LogP contribution in [0, 0.1) is 5.92 Å². The van der Waals surface area contributed by atoms with Crippen molar-refractivity contribution in [1.82, 2.24) is 10.2 Å². The second-order valence-electron chi connectivity index (χ2n) is 5.23. The second-order valence-corrected chi connectivity index (χ2v) is 5.23. The summed E-state index contributed by atoms with van der Waals surface area (Å²) in [6, 6.07) is 1.85. The first-order valence-electron chi connectivity index (χ1n) is 6.36. The molecule has 2 unspecified atom stereocenters. The van der Waals surface area contributed by atoms with Crippen LogP contribution in [-0.4, -0.2) is 36.6 Å². The maximum absolute atomic E-state index is 3.42. The monoisotopic (exact) mass is 214 g/mol. The minimum atomic E-state index is 0.603. The SMILES string of the molecule is CCC(NC)C(C)N(CC(C)C)C(C)C. The van der Waals surface area contributed by atoms with Gasteiger partial charge in [-0.05, 0) is 40.2 Å². The lowest BCUT2D eigenvalue weighted by Crippen LogP contribution is -2.51. The van der Waals surface area contributed by atoms with Gasteiger partial charge in [-0.25, -0.2) is 0 Å². The van der Waals surface area contributed by atoms with E-state index in [2.05, 4.69) is 58.8 Å². The van der Waals surface area contributed by atoms with E-state index in [9.17, 15) is 0 Å². The van der Waals surface area contributed by atoms with Gasteiger partial charge in [0.2, 0.25) is 0 Å². The highest BCUT2D eigenvalue weighted by atomic mass is 15.2. The molecule has 1 N–H and O–H groups in total. The highest BCUT2D eigenvalue weighted by Gasteiger charge is 2.23. The standard InChI is InChI=1S/C13H30N2/c1-8-13(14-7)12(6)15(11(4)5)9-10(2)3/h10-14H,8-9H2,1-7H3. The lowest BCUT2D eigenvalue weighted by molar-refractivity contribution is 0.117. The van der Waals surface area contributed by atoms with E-state index in [1.165, 1.54) is 13.0 Å². The summed E-state index contributed by atoms with van der Waals surface area (Å²) >= 11 is 0. The quantitative estimate of drug-likeness (QED) is 0.701. The van der Waals surface area contributed by atoms with Gasteiger partial charge in [0.1, 0.15) is 0 Å². The van der Waals surface area contributed by atoms with Crippen molar-refractivity contribution in [1.29, 1.82) is 0 Å². The molecule has 0 aromatic rings. The van der Waals surface area contributed by atoms with Crippen LogP contribution in [0.3, 0.4) is 0 Å². The maximum Gasteiger partial charge on any atom is 0.0223 e. The van der Waals surface area contributed by atoms with Gasteiger partial charge in [0.15, 0.2) is 0 Å². The van der Waals surface area contributed by atoms with Crippen LogP contribution in [-0.2, 0) is 0 Å². The Morgan fingerprint density at radius 1 is 1.07 bits per heavy atom. The predicted octanol–water partition coefficient (Wildman–Crippen LogP) is 2.74. The Hall–Kier alpha value is -0.0800. The van der Waals surface area contributed by atoms with Crippen molar-refractivity contribution in [3.8, 4) is 0 Å². The Balaban J connectivity index is 4.45. The van der Waals surface area contributed by atoms with Crippen molar-refractivity contribution in [2.24, 2.45) is 5.92 Å². The zero-order chi connectivity index (χ0) is 12.0. The van der Waals surface area contributed by atoms with Crippen molar-refractivity contribution in [2.45, 2.75) is 66.1 Å². The van der Waals surface area contributed by atoms with Gasteiger partial charge in [-0.15, -0.1) is 0 Å². The van der Waals surface area contributed by atoms with Gasteiger partial charge in [-0.1, -0.05) is 20.8 Å². The molecule has 0 amide bonds. The molecule has 0 aliphatic rings. The molecule has 15 heavy (non-hydrogen) atoms. The van der Waals surface area contributed by atoms with Crippen molar-refractivity contribution in [3.05, 3.63) is 0 Å². The number of nitrogens with one attached hydrogen (secondary N) is 1. The fourth-order valence-corrected chi connectivity index (χ4v) is 2.29. The number of hydrogen-bond donors (Lipinski definition) is 1. The molecule has 0 heterocycles. The summed E-state index contributed by atoms with van der Waals surface area (Å²) in [6.07, 6.45) is 1.19. The minimum absolute atomic E-state index is 0.603. The first-order chi connectivity index (χ1) is 6.93. The van der Waals surface area contributed by atoms with Crippen LogP contribution >= 0.6 is 0 Å². The molecule has 0 bridgehead atoms. The number of nitrogens with zero attached hydrogens (tertiary/aromatic N) is 1. The molecule has 0 saturated heterocycles. The summed E-state index contributed by atoms with van der Waals surface area (Å²) in [5.41, 5.74) is 0. The Kier molecular flexibility index (Phi) is 7.20. The molecular formula is C13H30N2. The predicted molar refractivity (Wildman–Crippen MR) is 69.3 cm³/mol. The highest BCUT2D eigenvalue weighted by molar-refractivity contribution is 4.81. The topological polar surface area (TPSA) is 15.3 Å². The van der Waals surface area contributed by atoms with Crippen LogP contribution in [0.25, 0.3) is 0 Å². The average molecular weight is 214 g/mol. The zero-order valence-electron chi connectivity index (χ0n) is 11.7. The van der Waals surface area contributed by atoms with Crippen LogP contribution in [0.1, 0.15) is 48.0 Å². The highest BCUT2D eigenvalue weighted by Crippen LogP contribution is 2.13. The smallest absolute Gasteiger partial charge is 0.0223 e. The van der Waals surface area contributed by atoms with Crippen LogP contribution in [0.4, 0.5) is 0 Å². The lowest BCUT2D eigenvalue weighted by atomic mass is 10.0. The van der Waals surface area contributed by atoms with Gasteiger partial charge >= 0.3 is 0 Å². The molecule has 0 aliphatic carbocycles. The molecule has 0 aromatic heterocycles. The molecular weight excluding hydrogens is 184 g/mol. The van der Waals surface area contributed by atoms with E-state index < -0.39 is 0 Å². The van der Waals surface area contributed by atoms with Crippen LogP contribution in [0.5, 0.6) is 0 Å². The first kappa shape index (κ1) is 14.9. The van der Waals surface area contributed by atoms with Gasteiger partial charge in [0.25, 0.3) is 0 Å². The van der Waals surface area contributed by atoms with Gasteiger partial charge in [-0.2, -0.15) is 0 Å². The number of hydrogen-bond acceptors (Lipinski definition) is 2. The van der Waals surface area contributed by atoms with Crippen molar-refractivity contribution >= 4 is 0 Å². The molecule has 0 rings (SSSR count). The van der Waals surface area contributed by atoms with Gasteiger partial charge in [0, 0.05) is 24.7 Å². The maximum atomic E-state index is 3.42. The van der Waals surface area contributed by atoms with Gasteiger partial charge < -0.3 is 5.32 Å². The molecule has 2 heteroatoms. The third kappa shape index (κ3) is 4.98. The summed E-state index contributed by atoms with van der Waals surface area (Å²) in [5.74, 6) is 0.740. The zero-order valence-corrected chi connectivity index (χ0v) is 11.7. The van der Waals surface area contributed by atoms with E-state index in [1.54, 1.807) is 0 Å². The van der Waals surface area contributed by atoms with E-state index in [0.29, 0.717) is 18.1 Å². The van der Waals surface area contributed by atoms with Crippen LogP contribution in [0.15, 0.2) is 0 Å². The number of rotatable bonds is 7. The second kappa shape index (κ2) is 7.24. The first-order valence-corrected chi connectivity index (χ1v) is 6.36. The van der Waals surface area contributed by atoms with E-state index in [1.807, 2.05) is 0 Å². The summed E-state index contributed by atoms with van der Waals surface area (Å²) in [5, 5.41) is 3.42. The van der Waals surface area contributed by atoms with E-state index >= 15 is 0 Å². The van der Waals surface area contributed by atoms with E-state index in [4.69, 9.17) is 0 Å². The molecule has 0 aromatic carbocycles. The molecule has 92 valence electrons. The Bertz CT molecular complexity index is 151. The van der Waals surface area contributed by atoms with Crippen LogP contribution in [0.2, 0.25) is 0 Å². The third-order valence-electron chi connectivity index (χ3n) is 3.16. The molecule has 0 fully saturated rings. The summed E-state index contributed by atoms with van der Waals surface area (Å²) in [7, 11) is 2.07. The summed E-state index contributed by atoms with van der Waals surface area (Å²) < 4.78 is 0. The molecule has 2 nitrogen and oxygen atoms in total. The molecule has 2 atom stereocenters. The Morgan fingerprint density at radius 3 is 1.87 bits per heavy atom. The largest absolute Gasteiger partial charge is 0.315 e. The minimum Gasteiger partial charge on any atom is -0.315 e. The molecule has 0 saturated carbocycles. The fourth-order valence-electron chi connectivity index (χ4n) is 2.29. The Labute approximate surface area is 96.4 Å². The van der Waals surface area contributed by atoms with Crippen molar-refractivity contribution < 1.29 is 0 Å². The fraction of sp³-hybridized carbons (Fsp3) is 1.00. The van der Waals surface area contributed by atoms with Crippen LogP contribution < -0.4 is 5.32 Å². The van der Waals surface area contributed by atoms with Gasteiger partial charge in [-0.3, -0.25) is 4.90 Å². The van der Waals surface area contributed by atoms with Crippen molar-refractivity contribution in [2.75, 3.05) is 13.6 Å². The Morgan fingerprint density at radius 2 is 1.60 bits per heavy atom. The van der Waals surface area contributed by atoms with Crippen molar-refractivity contribution in [3.63, 3.8) is 0 Å². The molecule has 0 aliphatic heterocycles. The molecule has 0 spiro atoms. The summed E-state index contributed by atoms with van der Waals surface area (Å²) in [6.45, 7) is 15.0. The number of likely N-dealkylation sites (N-methyl/N-ethyl adjacent to an activating group) is 1. The van der Waals surface area contributed by atoms with E-state index in [-0.39, 0.29) is 0 Å². The average Bonchev–Trinajstić information content (AvgIpc) is 2.15.